The van der Waals surface area contributed by atoms with Crippen LogP contribution in [0.5, 0.6) is 11.5 Å². The number of anilines is 2. The van der Waals surface area contributed by atoms with Crippen molar-refractivity contribution < 1.29 is 14.3 Å². The van der Waals surface area contributed by atoms with Crippen molar-refractivity contribution in [1.82, 2.24) is 0 Å². The van der Waals surface area contributed by atoms with Crippen molar-refractivity contribution in [3.05, 3.63) is 84.4 Å². The first-order valence-electron chi connectivity index (χ1n) is 9.06. The maximum absolute atomic E-state index is 12.1. The number of carbonyl (C=O) groups is 2. The van der Waals surface area contributed by atoms with E-state index < -0.39 is 11.8 Å². The maximum atomic E-state index is 12.1. The van der Waals surface area contributed by atoms with Crippen LogP contribution in [0.25, 0.3) is 0 Å². The summed E-state index contributed by atoms with van der Waals surface area (Å²) < 4.78 is 5.70. The Balaban J connectivity index is 1.55. The van der Waals surface area contributed by atoms with Crippen LogP contribution in [0, 0.1) is 0 Å². The predicted molar refractivity (Wildman–Crippen MR) is 111 cm³/mol. The van der Waals surface area contributed by atoms with Crippen LogP contribution < -0.4 is 15.4 Å². The first-order valence-corrected chi connectivity index (χ1v) is 9.06. The molecule has 3 aromatic rings. The Bertz CT molecular complexity index is 934. The first kappa shape index (κ1) is 19.2. The molecule has 0 aromatic heterocycles. The van der Waals surface area contributed by atoms with Gasteiger partial charge in [0.25, 0.3) is 0 Å². The van der Waals surface area contributed by atoms with Crippen molar-refractivity contribution in [2.24, 2.45) is 0 Å². The normalized spacial score (nSPS) is 10.4. The van der Waals surface area contributed by atoms with Gasteiger partial charge in [-0.3, -0.25) is 9.59 Å². The zero-order chi connectivity index (χ0) is 19.9. The third-order valence-electron chi connectivity index (χ3n) is 4.13. The van der Waals surface area contributed by atoms with Gasteiger partial charge in [0.15, 0.2) is 0 Å². The summed E-state index contributed by atoms with van der Waals surface area (Å²) >= 11 is 0. The summed E-state index contributed by atoms with van der Waals surface area (Å²) in [5.41, 5.74) is 2.26. The minimum absolute atomic E-state index is 0.405. The Morgan fingerprint density at radius 2 is 1.14 bits per heavy atom. The average Bonchev–Trinajstić information content (AvgIpc) is 2.70. The number of nitrogens with one attached hydrogen (secondary N) is 2. The van der Waals surface area contributed by atoms with E-state index in [2.05, 4.69) is 24.5 Å². The molecular weight excluding hydrogens is 352 g/mol. The molecule has 2 N–H and O–H groups in total. The van der Waals surface area contributed by atoms with E-state index in [-0.39, 0.29) is 0 Å². The summed E-state index contributed by atoms with van der Waals surface area (Å²) in [6.45, 7) is 4.19. The molecule has 3 rings (SSSR count). The summed E-state index contributed by atoms with van der Waals surface area (Å²) in [5.74, 6) is 0.314. The molecule has 3 aromatic carbocycles. The van der Waals surface area contributed by atoms with Crippen LogP contribution in [0.15, 0.2) is 78.9 Å². The topological polar surface area (TPSA) is 67.4 Å². The standard InChI is InChI=1S/C23H22N2O3/c1-16(2)17-8-10-18(11-9-17)24-22(26)23(27)25-19-12-14-21(15-13-19)28-20-6-4-3-5-7-20/h3-16H,1-2H3,(H,24,26)(H,25,27). The molecule has 142 valence electrons. The highest BCUT2D eigenvalue weighted by Gasteiger charge is 2.14. The van der Waals surface area contributed by atoms with Crippen molar-refractivity contribution >= 4 is 23.2 Å². The fraction of sp³-hybridized carbons (Fsp3) is 0.130. The Kier molecular flexibility index (Phi) is 6.07. The number of amides is 2. The van der Waals surface area contributed by atoms with E-state index >= 15 is 0 Å². The highest BCUT2D eigenvalue weighted by molar-refractivity contribution is 6.43. The number of hydrogen-bond acceptors (Lipinski definition) is 3. The van der Waals surface area contributed by atoms with E-state index in [1.165, 1.54) is 5.56 Å². The highest BCUT2D eigenvalue weighted by atomic mass is 16.5. The summed E-state index contributed by atoms with van der Waals surface area (Å²) in [6, 6.07) is 23.7. The molecule has 0 saturated heterocycles. The van der Waals surface area contributed by atoms with Gasteiger partial charge in [-0.15, -0.1) is 0 Å². The molecule has 0 atom stereocenters. The number of carbonyl (C=O) groups excluding carboxylic acids is 2. The van der Waals surface area contributed by atoms with Crippen LogP contribution in [0.2, 0.25) is 0 Å². The van der Waals surface area contributed by atoms with E-state index in [0.29, 0.717) is 23.0 Å². The van der Waals surface area contributed by atoms with Crippen LogP contribution in [-0.2, 0) is 9.59 Å². The Labute approximate surface area is 164 Å². The van der Waals surface area contributed by atoms with Crippen molar-refractivity contribution in [3.63, 3.8) is 0 Å². The molecule has 0 bridgehead atoms. The fourth-order valence-electron chi connectivity index (χ4n) is 2.56. The van der Waals surface area contributed by atoms with E-state index in [9.17, 15) is 9.59 Å². The number of rotatable bonds is 5. The Morgan fingerprint density at radius 1 is 0.679 bits per heavy atom. The SMILES string of the molecule is CC(C)c1ccc(NC(=O)C(=O)Nc2ccc(Oc3ccccc3)cc2)cc1. The lowest BCUT2D eigenvalue weighted by Gasteiger charge is -2.09. The lowest BCUT2D eigenvalue weighted by atomic mass is 10.0. The van der Waals surface area contributed by atoms with E-state index in [4.69, 9.17) is 4.74 Å². The first-order chi connectivity index (χ1) is 13.5. The van der Waals surface area contributed by atoms with Crippen LogP contribution in [0.3, 0.4) is 0 Å². The quantitative estimate of drug-likeness (QED) is 0.605. The molecule has 0 spiro atoms. The van der Waals surface area contributed by atoms with Crippen LogP contribution >= 0.6 is 0 Å². The van der Waals surface area contributed by atoms with Gasteiger partial charge in [-0.05, 0) is 60.0 Å². The molecule has 0 fully saturated rings. The largest absolute Gasteiger partial charge is 0.457 e. The van der Waals surface area contributed by atoms with Gasteiger partial charge in [-0.2, -0.15) is 0 Å². The number of ether oxygens (including phenoxy) is 1. The number of para-hydroxylation sites is 1. The van der Waals surface area contributed by atoms with Gasteiger partial charge in [-0.1, -0.05) is 44.2 Å². The van der Waals surface area contributed by atoms with Gasteiger partial charge in [-0.25, -0.2) is 0 Å². The molecule has 0 aliphatic rings. The van der Waals surface area contributed by atoms with Crippen LogP contribution in [0.4, 0.5) is 11.4 Å². The molecule has 0 aliphatic heterocycles. The molecule has 0 radical (unpaired) electrons. The minimum Gasteiger partial charge on any atom is -0.457 e. The monoisotopic (exact) mass is 374 g/mol. The maximum Gasteiger partial charge on any atom is 0.314 e. The summed E-state index contributed by atoms with van der Waals surface area (Å²) in [7, 11) is 0. The average molecular weight is 374 g/mol. The molecule has 0 saturated carbocycles. The lowest BCUT2D eigenvalue weighted by molar-refractivity contribution is -0.132. The summed E-state index contributed by atoms with van der Waals surface area (Å²) in [4.78, 5) is 24.2. The molecular formula is C23H22N2O3. The zero-order valence-electron chi connectivity index (χ0n) is 15.8. The zero-order valence-corrected chi connectivity index (χ0v) is 15.8. The highest BCUT2D eigenvalue weighted by Crippen LogP contribution is 2.22. The van der Waals surface area contributed by atoms with E-state index in [1.54, 1.807) is 36.4 Å². The van der Waals surface area contributed by atoms with Gasteiger partial charge in [0.2, 0.25) is 0 Å². The van der Waals surface area contributed by atoms with Crippen LogP contribution in [-0.4, -0.2) is 11.8 Å². The molecule has 2 amide bonds. The van der Waals surface area contributed by atoms with Gasteiger partial charge in [0.1, 0.15) is 11.5 Å². The minimum atomic E-state index is -0.732. The second kappa shape index (κ2) is 8.86. The Hall–Kier alpha value is -3.60. The smallest absolute Gasteiger partial charge is 0.314 e. The van der Waals surface area contributed by atoms with Gasteiger partial charge in [0, 0.05) is 11.4 Å². The van der Waals surface area contributed by atoms with Gasteiger partial charge in [0.05, 0.1) is 0 Å². The molecule has 0 aliphatic carbocycles. The molecule has 28 heavy (non-hydrogen) atoms. The molecule has 5 heteroatoms. The third kappa shape index (κ3) is 5.20. The molecule has 0 unspecified atom stereocenters. The van der Waals surface area contributed by atoms with E-state index in [1.807, 2.05) is 42.5 Å². The second-order valence-corrected chi connectivity index (χ2v) is 6.62. The number of benzene rings is 3. The van der Waals surface area contributed by atoms with Crippen molar-refractivity contribution in [2.45, 2.75) is 19.8 Å². The van der Waals surface area contributed by atoms with Gasteiger partial charge < -0.3 is 15.4 Å². The number of hydrogen-bond donors (Lipinski definition) is 2. The van der Waals surface area contributed by atoms with Crippen molar-refractivity contribution in [3.8, 4) is 11.5 Å². The second-order valence-electron chi connectivity index (χ2n) is 6.62. The summed E-state index contributed by atoms with van der Waals surface area (Å²) in [5, 5.41) is 5.17. The van der Waals surface area contributed by atoms with E-state index in [0.717, 1.165) is 5.75 Å². The van der Waals surface area contributed by atoms with Crippen molar-refractivity contribution in [1.29, 1.82) is 0 Å². The third-order valence-corrected chi connectivity index (χ3v) is 4.13. The predicted octanol–water partition coefficient (Wildman–Crippen LogP) is 5.18. The molecule has 0 heterocycles. The fourth-order valence-corrected chi connectivity index (χ4v) is 2.56. The summed E-state index contributed by atoms with van der Waals surface area (Å²) in [6.07, 6.45) is 0. The Morgan fingerprint density at radius 3 is 1.64 bits per heavy atom. The molecule has 5 nitrogen and oxygen atoms in total. The van der Waals surface area contributed by atoms with Crippen molar-refractivity contribution in [2.75, 3.05) is 10.6 Å². The van der Waals surface area contributed by atoms with Gasteiger partial charge >= 0.3 is 11.8 Å². The van der Waals surface area contributed by atoms with Crippen LogP contribution in [0.1, 0.15) is 25.3 Å². The lowest BCUT2D eigenvalue weighted by Crippen LogP contribution is -2.29.